The normalized spacial score (nSPS) is 11.4. The van der Waals surface area contributed by atoms with E-state index >= 15 is 0 Å². The van der Waals surface area contributed by atoms with Crippen LogP contribution in [0.15, 0.2) is 67.0 Å². The monoisotopic (exact) mass is 288 g/mol. The molecule has 2 heterocycles. The van der Waals surface area contributed by atoms with Gasteiger partial charge in [0.25, 0.3) is 0 Å². The van der Waals surface area contributed by atoms with Crippen LogP contribution in [-0.2, 0) is 5.41 Å². The van der Waals surface area contributed by atoms with Crippen molar-refractivity contribution in [1.82, 2.24) is 9.97 Å². The smallest absolute Gasteiger partial charge is 0.0702 e. The van der Waals surface area contributed by atoms with Crippen molar-refractivity contribution in [3.63, 3.8) is 0 Å². The summed E-state index contributed by atoms with van der Waals surface area (Å²) in [5, 5.41) is 0. The van der Waals surface area contributed by atoms with Crippen LogP contribution in [0, 0.1) is 0 Å². The Morgan fingerprint density at radius 1 is 0.682 bits per heavy atom. The fourth-order valence-electron chi connectivity index (χ4n) is 2.42. The van der Waals surface area contributed by atoms with E-state index in [1.54, 1.807) is 0 Å². The van der Waals surface area contributed by atoms with Gasteiger partial charge in [0.1, 0.15) is 0 Å². The van der Waals surface area contributed by atoms with Gasteiger partial charge >= 0.3 is 0 Å². The van der Waals surface area contributed by atoms with E-state index in [0.29, 0.717) is 0 Å². The van der Waals surface area contributed by atoms with Gasteiger partial charge in [-0.1, -0.05) is 32.9 Å². The van der Waals surface area contributed by atoms with Crippen molar-refractivity contribution in [1.29, 1.82) is 0 Å². The Morgan fingerprint density at radius 3 is 1.55 bits per heavy atom. The van der Waals surface area contributed by atoms with E-state index in [1.807, 2.05) is 48.8 Å². The predicted octanol–water partition coefficient (Wildman–Crippen LogP) is 5.11. The number of pyridine rings is 2. The maximum Gasteiger partial charge on any atom is 0.0702 e. The van der Waals surface area contributed by atoms with Crippen molar-refractivity contribution >= 4 is 0 Å². The van der Waals surface area contributed by atoms with E-state index in [9.17, 15) is 0 Å². The number of aromatic nitrogens is 2. The van der Waals surface area contributed by atoms with Crippen molar-refractivity contribution in [3.05, 3.63) is 72.6 Å². The van der Waals surface area contributed by atoms with E-state index in [4.69, 9.17) is 0 Å². The van der Waals surface area contributed by atoms with Gasteiger partial charge in [-0.05, 0) is 53.4 Å². The third-order valence-electron chi connectivity index (χ3n) is 3.72. The number of hydrogen-bond acceptors (Lipinski definition) is 2. The number of rotatable bonds is 2. The summed E-state index contributed by atoms with van der Waals surface area (Å²) >= 11 is 0. The minimum Gasteiger partial charge on any atom is -0.256 e. The molecule has 0 saturated carbocycles. The summed E-state index contributed by atoms with van der Waals surface area (Å²) in [6.07, 6.45) is 3.67. The van der Waals surface area contributed by atoms with Crippen LogP contribution in [0.25, 0.3) is 22.5 Å². The van der Waals surface area contributed by atoms with Gasteiger partial charge in [-0.15, -0.1) is 0 Å². The Kier molecular flexibility index (Phi) is 3.76. The molecular weight excluding hydrogens is 268 g/mol. The second kappa shape index (κ2) is 5.72. The third kappa shape index (κ3) is 3.06. The van der Waals surface area contributed by atoms with Crippen LogP contribution in [0.3, 0.4) is 0 Å². The van der Waals surface area contributed by atoms with Gasteiger partial charge in [0, 0.05) is 23.5 Å². The quantitative estimate of drug-likeness (QED) is 0.655. The molecule has 0 atom stereocenters. The van der Waals surface area contributed by atoms with Crippen LogP contribution in [0.1, 0.15) is 26.3 Å². The molecule has 110 valence electrons. The van der Waals surface area contributed by atoms with E-state index < -0.39 is 0 Å². The Hall–Kier alpha value is -2.48. The molecule has 0 radical (unpaired) electrons. The lowest BCUT2D eigenvalue weighted by atomic mass is 9.84. The Balaban J connectivity index is 2.19. The van der Waals surface area contributed by atoms with Gasteiger partial charge in [0.2, 0.25) is 0 Å². The first-order chi connectivity index (χ1) is 10.5. The van der Waals surface area contributed by atoms with Crippen molar-refractivity contribution in [2.24, 2.45) is 0 Å². The lowest BCUT2D eigenvalue weighted by Gasteiger charge is -2.21. The summed E-state index contributed by atoms with van der Waals surface area (Å²) < 4.78 is 0. The number of hydrogen-bond donors (Lipinski definition) is 0. The van der Waals surface area contributed by atoms with Crippen LogP contribution in [-0.4, -0.2) is 9.97 Å². The molecule has 22 heavy (non-hydrogen) atoms. The first kappa shape index (κ1) is 14.5. The highest BCUT2D eigenvalue weighted by Crippen LogP contribution is 2.31. The minimum atomic E-state index is 0.0777. The summed E-state index contributed by atoms with van der Waals surface area (Å²) in [6, 6.07) is 18.6. The maximum absolute atomic E-state index is 4.49. The molecule has 0 unspecified atom stereocenters. The van der Waals surface area contributed by atoms with E-state index in [1.165, 1.54) is 5.56 Å². The van der Waals surface area contributed by atoms with Crippen LogP contribution in [0.4, 0.5) is 0 Å². The lowest BCUT2D eigenvalue weighted by Crippen LogP contribution is -2.11. The highest BCUT2D eigenvalue weighted by molar-refractivity contribution is 5.71. The molecule has 0 N–H and O–H groups in total. The SMILES string of the molecule is CC(C)(C)c1cc(-c2ccccn2)cc(-c2ccccn2)c1. The van der Waals surface area contributed by atoms with Gasteiger partial charge < -0.3 is 0 Å². The Bertz CT molecular complexity index is 699. The largest absolute Gasteiger partial charge is 0.256 e. The summed E-state index contributed by atoms with van der Waals surface area (Å²) in [5.41, 5.74) is 5.61. The first-order valence-electron chi connectivity index (χ1n) is 7.52. The molecule has 0 saturated heterocycles. The highest BCUT2D eigenvalue weighted by atomic mass is 14.7. The van der Waals surface area contributed by atoms with Gasteiger partial charge in [-0.2, -0.15) is 0 Å². The lowest BCUT2D eigenvalue weighted by molar-refractivity contribution is 0.590. The zero-order valence-electron chi connectivity index (χ0n) is 13.2. The van der Waals surface area contributed by atoms with Gasteiger partial charge in [-0.25, -0.2) is 0 Å². The fourth-order valence-corrected chi connectivity index (χ4v) is 2.42. The molecule has 0 amide bonds. The molecule has 3 aromatic rings. The second-order valence-electron chi connectivity index (χ2n) is 6.48. The molecule has 2 aromatic heterocycles. The average Bonchev–Trinajstić information content (AvgIpc) is 2.55. The molecule has 3 rings (SSSR count). The third-order valence-corrected chi connectivity index (χ3v) is 3.72. The van der Waals surface area contributed by atoms with Crippen molar-refractivity contribution < 1.29 is 0 Å². The summed E-state index contributed by atoms with van der Waals surface area (Å²) in [4.78, 5) is 8.97. The van der Waals surface area contributed by atoms with Crippen molar-refractivity contribution in [3.8, 4) is 22.5 Å². The zero-order valence-corrected chi connectivity index (χ0v) is 13.2. The Morgan fingerprint density at radius 2 is 1.18 bits per heavy atom. The maximum atomic E-state index is 4.49. The molecule has 2 heteroatoms. The number of nitrogens with zero attached hydrogens (tertiary/aromatic N) is 2. The molecule has 0 spiro atoms. The molecule has 1 aromatic carbocycles. The van der Waals surface area contributed by atoms with Crippen LogP contribution < -0.4 is 0 Å². The molecule has 2 nitrogen and oxygen atoms in total. The van der Waals surface area contributed by atoms with E-state index in [0.717, 1.165) is 22.5 Å². The molecular formula is C20H20N2. The molecule has 0 aliphatic carbocycles. The van der Waals surface area contributed by atoms with Gasteiger partial charge in [0.15, 0.2) is 0 Å². The van der Waals surface area contributed by atoms with Gasteiger partial charge in [0.05, 0.1) is 11.4 Å². The molecule has 0 aliphatic rings. The molecule has 0 fully saturated rings. The molecule has 0 aliphatic heterocycles. The van der Waals surface area contributed by atoms with Crippen molar-refractivity contribution in [2.45, 2.75) is 26.2 Å². The number of benzene rings is 1. The zero-order chi connectivity index (χ0) is 15.6. The summed E-state index contributed by atoms with van der Waals surface area (Å²) in [5.74, 6) is 0. The second-order valence-corrected chi connectivity index (χ2v) is 6.48. The summed E-state index contributed by atoms with van der Waals surface area (Å²) in [6.45, 7) is 6.69. The Labute approximate surface area is 131 Å². The van der Waals surface area contributed by atoms with E-state index in [2.05, 4.69) is 48.9 Å². The van der Waals surface area contributed by atoms with Gasteiger partial charge in [-0.3, -0.25) is 9.97 Å². The highest BCUT2D eigenvalue weighted by Gasteiger charge is 2.17. The average molecular weight is 288 g/mol. The topological polar surface area (TPSA) is 25.8 Å². The first-order valence-corrected chi connectivity index (χ1v) is 7.52. The van der Waals surface area contributed by atoms with Crippen molar-refractivity contribution in [2.75, 3.05) is 0 Å². The van der Waals surface area contributed by atoms with Crippen LogP contribution in [0.2, 0.25) is 0 Å². The summed E-state index contributed by atoms with van der Waals surface area (Å²) in [7, 11) is 0. The predicted molar refractivity (Wildman–Crippen MR) is 91.6 cm³/mol. The van der Waals surface area contributed by atoms with Crippen LogP contribution in [0.5, 0.6) is 0 Å². The minimum absolute atomic E-state index is 0.0777. The fraction of sp³-hybridized carbons (Fsp3) is 0.200. The standard InChI is InChI=1S/C20H20N2/c1-20(2,3)17-13-15(18-8-4-6-10-21-18)12-16(14-17)19-9-5-7-11-22-19/h4-14H,1-3H3. The van der Waals surface area contributed by atoms with Crippen LogP contribution >= 0.6 is 0 Å². The van der Waals surface area contributed by atoms with E-state index in [-0.39, 0.29) is 5.41 Å². The molecule has 0 bridgehead atoms.